The predicted octanol–water partition coefficient (Wildman–Crippen LogP) is 3.30. The van der Waals surface area contributed by atoms with Gasteiger partial charge in [0, 0.05) is 30.0 Å². The summed E-state index contributed by atoms with van der Waals surface area (Å²) in [5.41, 5.74) is 1.71. The van der Waals surface area contributed by atoms with Gasteiger partial charge in [-0.1, -0.05) is 18.5 Å². The molecule has 0 aliphatic rings. The lowest BCUT2D eigenvalue weighted by Crippen LogP contribution is -2.33. The minimum atomic E-state index is -0.221. The van der Waals surface area contributed by atoms with Crippen molar-refractivity contribution >= 4 is 23.3 Å². The number of anilines is 1. The van der Waals surface area contributed by atoms with Crippen molar-refractivity contribution in [2.24, 2.45) is 5.92 Å². The molecule has 2 N–H and O–H groups in total. The van der Waals surface area contributed by atoms with Crippen LogP contribution in [0.5, 0.6) is 0 Å². The lowest BCUT2D eigenvalue weighted by Gasteiger charge is -2.13. The second-order valence-corrected chi connectivity index (χ2v) is 5.56. The summed E-state index contributed by atoms with van der Waals surface area (Å²) in [6, 6.07) is 8.74. The monoisotopic (exact) mass is 306 g/mol. The molecule has 1 heterocycles. The van der Waals surface area contributed by atoms with Crippen molar-refractivity contribution in [1.29, 1.82) is 0 Å². The molecule has 6 heteroatoms. The molecule has 0 unspecified atom stereocenters. The van der Waals surface area contributed by atoms with Crippen LogP contribution in [0.15, 0.2) is 36.5 Å². The summed E-state index contributed by atoms with van der Waals surface area (Å²) >= 11 is 5.79. The predicted molar refractivity (Wildman–Crippen MR) is 84.6 cm³/mol. The van der Waals surface area contributed by atoms with E-state index in [-0.39, 0.29) is 6.03 Å². The Hall–Kier alpha value is -2.01. The highest BCUT2D eigenvalue weighted by atomic mass is 35.5. The van der Waals surface area contributed by atoms with Crippen molar-refractivity contribution in [2.45, 2.75) is 20.4 Å². The Morgan fingerprint density at radius 2 is 2.05 bits per heavy atom. The molecule has 0 radical (unpaired) electrons. The number of halogens is 1. The van der Waals surface area contributed by atoms with E-state index in [1.165, 1.54) is 0 Å². The van der Waals surface area contributed by atoms with Crippen LogP contribution in [0.25, 0.3) is 0 Å². The highest BCUT2D eigenvalue weighted by molar-refractivity contribution is 6.30. The molecule has 112 valence electrons. The molecule has 2 rings (SSSR count). The fourth-order valence-electron chi connectivity index (χ4n) is 1.92. The average molecular weight is 307 g/mol. The number of aryl methyl sites for hydroxylation is 1. The Balaban J connectivity index is 1.74. The molecule has 0 saturated carbocycles. The SMILES string of the molecule is Cc1ccn(C[C@H](C)CNC(=O)Nc2ccc(Cl)cc2)n1. The maximum absolute atomic E-state index is 11.8. The first-order chi connectivity index (χ1) is 10.0. The topological polar surface area (TPSA) is 59.0 Å². The van der Waals surface area contributed by atoms with Gasteiger partial charge in [-0.25, -0.2) is 4.79 Å². The van der Waals surface area contributed by atoms with Crippen LogP contribution in [0.4, 0.5) is 10.5 Å². The number of carbonyl (C=O) groups excluding carboxylic acids is 1. The van der Waals surface area contributed by atoms with Gasteiger partial charge in [-0.05, 0) is 43.2 Å². The summed E-state index contributed by atoms with van der Waals surface area (Å²) in [4.78, 5) is 11.8. The Kier molecular flexibility index (Phi) is 5.22. The van der Waals surface area contributed by atoms with E-state index in [1.807, 2.05) is 23.9 Å². The number of benzene rings is 1. The Bertz CT molecular complexity index is 594. The molecule has 0 aliphatic carbocycles. The van der Waals surface area contributed by atoms with Crippen LogP contribution in [-0.2, 0) is 6.54 Å². The maximum Gasteiger partial charge on any atom is 0.319 e. The highest BCUT2D eigenvalue weighted by Crippen LogP contribution is 2.13. The van der Waals surface area contributed by atoms with Gasteiger partial charge in [0.1, 0.15) is 0 Å². The van der Waals surface area contributed by atoms with Crippen molar-refractivity contribution in [1.82, 2.24) is 15.1 Å². The number of nitrogens with one attached hydrogen (secondary N) is 2. The van der Waals surface area contributed by atoms with E-state index in [0.29, 0.717) is 23.2 Å². The number of carbonyl (C=O) groups is 1. The molecule has 5 nitrogen and oxygen atoms in total. The fourth-order valence-corrected chi connectivity index (χ4v) is 2.05. The van der Waals surface area contributed by atoms with Crippen LogP contribution in [0, 0.1) is 12.8 Å². The zero-order chi connectivity index (χ0) is 15.2. The van der Waals surface area contributed by atoms with Gasteiger partial charge >= 0.3 is 6.03 Å². The number of hydrogen-bond donors (Lipinski definition) is 2. The van der Waals surface area contributed by atoms with Crippen molar-refractivity contribution in [2.75, 3.05) is 11.9 Å². The molecule has 0 spiro atoms. The summed E-state index contributed by atoms with van der Waals surface area (Å²) in [5, 5.41) is 10.6. The van der Waals surface area contributed by atoms with Gasteiger partial charge in [-0.2, -0.15) is 5.10 Å². The summed E-state index contributed by atoms with van der Waals surface area (Å²) in [6.45, 7) is 5.38. The first-order valence-electron chi connectivity index (χ1n) is 6.83. The molecular weight excluding hydrogens is 288 g/mol. The van der Waals surface area contributed by atoms with E-state index in [2.05, 4.69) is 22.7 Å². The van der Waals surface area contributed by atoms with Crippen LogP contribution in [0.3, 0.4) is 0 Å². The number of nitrogens with zero attached hydrogens (tertiary/aromatic N) is 2. The summed E-state index contributed by atoms with van der Waals surface area (Å²) in [6.07, 6.45) is 1.94. The molecule has 2 amide bonds. The molecule has 1 atom stereocenters. The van der Waals surface area contributed by atoms with Crippen LogP contribution < -0.4 is 10.6 Å². The van der Waals surface area contributed by atoms with E-state index in [1.54, 1.807) is 24.3 Å². The van der Waals surface area contributed by atoms with E-state index in [0.717, 1.165) is 12.2 Å². The Labute approximate surface area is 129 Å². The van der Waals surface area contributed by atoms with E-state index in [4.69, 9.17) is 11.6 Å². The smallest absolute Gasteiger partial charge is 0.319 e. The third-order valence-corrected chi connectivity index (χ3v) is 3.24. The van der Waals surface area contributed by atoms with E-state index >= 15 is 0 Å². The Morgan fingerprint density at radius 3 is 2.67 bits per heavy atom. The minimum absolute atomic E-state index is 0.221. The number of rotatable bonds is 5. The molecule has 1 aromatic carbocycles. The number of hydrogen-bond acceptors (Lipinski definition) is 2. The fraction of sp³-hybridized carbons (Fsp3) is 0.333. The zero-order valence-corrected chi connectivity index (χ0v) is 12.9. The lowest BCUT2D eigenvalue weighted by molar-refractivity contribution is 0.249. The average Bonchev–Trinajstić information content (AvgIpc) is 2.84. The number of aromatic nitrogens is 2. The largest absolute Gasteiger partial charge is 0.338 e. The van der Waals surface area contributed by atoms with Crippen LogP contribution in [-0.4, -0.2) is 22.4 Å². The lowest BCUT2D eigenvalue weighted by atomic mass is 10.2. The van der Waals surface area contributed by atoms with Crippen molar-refractivity contribution in [3.8, 4) is 0 Å². The summed E-state index contributed by atoms with van der Waals surface area (Å²) < 4.78 is 1.89. The standard InChI is InChI=1S/C15H19ClN4O/c1-11(10-20-8-7-12(2)19-20)9-17-15(21)18-14-5-3-13(16)4-6-14/h3-8,11H,9-10H2,1-2H3,(H2,17,18,21)/t11-/m1/s1. The molecule has 0 fully saturated rings. The normalized spacial score (nSPS) is 12.0. The van der Waals surface area contributed by atoms with Crippen molar-refractivity contribution in [3.05, 3.63) is 47.2 Å². The third kappa shape index (κ3) is 5.11. The highest BCUT2D eigenvalue weighted by Gasteiger charge is 2.07. The van der Waals surface area contributed by atoms with Crippen LogP contribution in [0.2, 0.25) is 5.02 Å². The maximum atomic E-state index is 11.8. The zero-order valence-electron chi connectivity index (χ0n) is 12.1. The number of urea groups is 1. The first-order valence-corrected chi connectivity index (χ1v) is 7.21. The summed E-state index contributed by atoms with van der Waals surface area (Å²) in [7, 11) is 0. The van der Waals surface area contributed by atoms with Crippen LogP contribution in [0.1, 0.15) is 12.6 Å². The van der Waals surface area contributed by atoms with Gasteiger partial charge in [0.15, 0.2) is 0 Å². The molecule has 0 aliphatic heterocycles. The van der Waals surface area contributed by atoms with Crippen molar-refractivity contribution < 1.29 is 4.79 Å². The quantitative estimate of drug-likeness (QED) is 0.890. The van der Waals surface area contributed by atoms with Gasteiger partial charge in [-0.3, -0.25) is 4.68 Å². The second kappa shape index (κ2) is 7.13. The molecule has 0 saturated heterocycles. The first kappa shape index (κ1) is 15.4. The molecule has 1 aromatic heterocycles. The third-order valence-electron chi connectivity index (χ3n) is 2.99. The Morgan fingerprint density at radius 1 is 1.33 bits per heavy atom. The van der Waals surface area contributed by atoms with Gasteiger partial charge < -0.3 is 10.6 Å². The van der Waals surface area contributed by atoms with E-state index < -0.39 is 0 Å². The number of amides is 2. The summed E-state index contributed by atoms with van der Waals surface area (Å²) in [5.74, 6) is 0.292. The molecule has 2 aromatic rings. The molecular formula is C15H19ClN4O. The second-order valence-electron chi connectivity index (χ2n) is 5.13. The van der Waals surface area contributed by atoms with Gasteiger partial charge in [0.2, 0.25) is 0 Å². The van der Waals surface area contributed by atoms with Gasteiger partial charge in [-0.15, -0.1) is 0 Å². The van der Waals surface area contributed by atoms with Gasteiger partial charge in [0.25, 0.3) is 0 Å². The molecule has 0 bridgehead atoms. The van der Waals surface area contributed by atoms with Gasteiger partial charge in [0.05, 0.1) is 5.69 Å². The van der Waals surface area contributed by atoms with Crippen LogP contribution >= 0.6 is 11.6 Å². The van der Waals surface area contributed by atoms with E-state index in [9.17, 15) is 4.79 Å². The molecule has 21 heavy (non-hydrogen) atoms. The van der Waals surface area contributed by atoms with Crippen molar-refractivity contribution in [3.63, 3.8) is 0 Å². The minimum Gasteiger partial charge on any atom is -0.338 e.